The van der Waals surface area contributed by atoms with Gasteiger partial charge in [0.15, 0.2) is 11.5 Å². The molecule has 0 aromatic heterocycles. The van der Waals surface area contributed by atoms with E-state index in [1.54, 1.807) is 21.3 Å². The molecule has 4 heteroatoms. The fraction of sp³-hybridized carbons (Fsp3) is 0.667. The average Bonchev–Trinajstić information content (AvgIpc) is 2.99. The van der Waals surface area contributed by atoms with E-state index in [1.807, 2.05) is 6.07 Å². The molecule has 1 aromatic rings. The van der Waals surface area contributed by atoms with Crippen LogP contribution in [0.5, 0.6) is 11.5 Å². The normalized spacial score (nSPS) is 18.6. The van der Waals surface area contributed by atoms with Gasteiger partial charge in [-0.25, -0.2) is 0 Å². The van der Waals surface area contributed by atoms with Crippen molar-refractivity contribution in [2.75, 3.05) is 47.6 Å². The van der Waals surface area contributed by atoms with Crippen LogP contribution in [-0.2, 0) is 11.2 Å². The lowest BCUT2D eigenvalue weighted by atomic mass is 9.98. The highest BCUT2D eigenvalue weighted by Gasteiger charge is 2.22. The highest BCUT2D eigenvalue weighted by atomic mass is 16.5. The van der Waals surface area contributed by atoms with Gasteiger partial charge < -0.3 is 19.1 Å². The third-order valence-electron chi connectivity index (χ3n) is 4.42. The van der Waals surface area contributed by atoms with Crippen molar-refractivity contribution >= 4 is 0 Å². The minimum Gasteiger partial charge on any atom is -0.493 e. The number of methoxy groups -OCH3 is 3. The van der Waals surface area contributed by atoms with Crippen LogP contribution in [0.1, 0.15) is 24.8 Å². The average molecular weight is 307 g/mol. The van der Waals surface area contributed by atoms with Crippen molar-refractivity contribution in [3.63, 3.8) is 0 Å². The Morgan fingerprint density at radius 2 is 1.91 bits per heavy atom. The quantitative estimate of drug-likeness (QED) is 0.656. The summed E-state index contributed by atoms with van der Waals surface area (Å²) in [6.45, 7) is 4.51. The Hall–Kier alpha value is -1.26. The van der Waals surface area contributed by atoms with Crippen molar-refractivity contribution in [1.29, 1.82) is 0 Å². The van der Waals surface area contributed by atoms with E-state index >= 15 is 0 Å². The number of unbranched alkanes of at least 4 members (excludes halogenated alkanes) is 1. The van der Waals surface area contributed by atoms with Crippen LogP contribution in [0.15, 0.2) is 18.2 Å². The summed E-state index contributed by atoms with van der Waals surface area (Å²) in [4.78, 5) is 2.58. The van der Waals surface area contributed by atoms with Crippen LogP contribution in [-0.4, -0.2) is 52.5 Å². The van der Waals surface area contributed by atoms with Gasteiger partial charge in [0, 0.05) is 20.3 Å². The molecule has 124 valence electrons. The summed E-state index contributed by atoms with van der Waals surface area (Å²) in [5.41, 5.74) is 1.34. The molecule has 1 aliphatic heterocycles. The van der Waals surface area contributed by atoms with Gasteiger partial charge in [-0.1, -0.05) is 6.07 Å². The number of likely N-dealkylation sites (tertiary alicyclic amines) is 1. The zero-order chi connectivity index (χ0) is 15.8. The van der Waals surface area contributed by atoms with Crippen molar-refractivity contribution in [2.45, 2.75) is 25.7 Å². The summed E-state index contributed by atoms with van der Waals surface area (Å²) in [7, 11) is 5.14. The maximum atomic E-state index is 5.39. The van der Waals surface area contributed by atoms with E-state index in [0.29, 0.717) is 0 Å². The molecule has 1 unspecified atom stereocenters. The van der Waals surface area contributed by atoms with Crippen LogP contribution in [0.25, 0.3) is 0 Å². The van der Waals surface area contributed by atoms with E-state index in [9.17, 15) is 0 Å². The molecule has 0 radical (unpaired) electrons. The first-order valence-corrected chi connectivity index (χ1v) is 8.19. The molecule has 1 atom stereocenters. The van der Waals surface area contributed by atoms with Gasteiger partial charge in [0.1, 0.15) is 0 Å². The fourth-order valence-corrected chi connectivity index (χ4v) is 3.21. The Balaban J connectivity index is 1.80. The van der Waals surface area contributed by atoms with Crippen molar-refractivity contribution in [2.24, 2.45) is 5.92 Å². The maximum Gasteiger partial charge on any atom is 0.160 e. The second-order valence-electron chi connectivity index (χ2n) is 6.05. The molecule has 22 heavy (non-hydrogen) atoms. The zero-order valence-corrected chi connectivity index (χ0v) is 14.1. The molecule has 0 amide bonds. The van der Waals surface area contributed by atoms with Gasteiger partial charge in [-0.05, 0) is 62.4 Å². The molecule has 1 saturated heterocycles. The van der Waals surface area contributed by atoms with Gasteiger partial charge in [0.05, 0.1) is 14.2 Å². The minimum atomic E-state index is 0.750. The number of rotatable bonds is 9. The maximum absolute atomic E-state index is 5.39. The molecule has 2 rings (SSSR count). The Morgan fingerprint density at radius 1 is 1.09 bits per heavy atom. The third-order valence-corrected chi connectivity index (χ3v) is 4.42. The summed E-state index contributed by atoms with van der Waals surface area (Å²) in [5.74, 6) is 2.38. The Labute approximate surface area is 134 Å². The summed E-state index contributed by atoms with van der Waals surface area (Å²) in [6.07, 6.45) is 4.80. The largest absolute Gasteiger partial charge is 0.493 e. The lowest BCUT2D eigenvalue weighted by molar-refractivity contribution is 0.187. The van der Waals surface area contributed by atoms with Gasteiger partial charge in [-0.15, -0.1) is 0 Å². The SMILES string of the molecule is COCCCCN1CCC(Cc2ccc(OC)c(OC)c2)C1. The van der Waals surface area contributed by atoms with Crippen molar-refractivity contribution < 1.29 is 14.2 Å². The number of hydrogen-bond acceptors (Lipinski definition) is 4. The molecule has 0 spiro atoms. The zero-order valence-electron chi connectivity index (χ0n) is 14.1. The first-order valence-electron chi connectivity index (χ1n) is 8.19. The molecule has 4 nitrogen and oxygen atoms in total. The molecule has 0 bridgehead atoms. The van der Waals surface area contributed by atoms with Gasteiger partial charge in [0.2, 0.25) is 0 Å². The topological polar surface area (TPSA) is 30.9 Å². The van der Waals surface area contributed by atoms with Gasteiger partial charge in [-0.3, -0.25) is 0 Å². The van der Waals surface area contributed by atoms with Crippen LogP contribution in [0.2, 0.25) is 0 Å². The first-order chi connectivity index (χ1) is 10.8. The summed E-state index contributed by atoms with van der Waals surface area (Å²) in [6, 6.07) is 6.27. The van der Waals surface area contributed by atoms with E-state index in [0.717, 1.165) is 36.9 Å². The summed E-state index contributed by atoms with van der Waals surface area (Å²) in [5, 5.41) is 0. The van der Waals surface area contributed by atoms with Crippen LogP contribution < -0.4 is 9.47 Å². The second kappa shape index (κ2) is 9.01. The van der Waals surface area contributed by atoms with Gasteiger partial charge in [0.25, 0.3) is 0 Å². The molecule has 1 aliphatic rings. The molecule has 1 aromatic carbocycles. The predicted molar refractivity (Wildman–Crippen MR) is 88.9 cm³/mol. The predicted octanol–water partition coefficient (Wildman–Crippen LogP) is 2.99. The van der Waals surface area contributed by atoms with E-state index in [2.05, 4.69) is 17.0 Å². The standard InChI is InChI=1S/C18H29NO3/c1-20-11-5-4-9-19-10-8-16(14-19)12-15-6-7-17(21-2)18(13-15)22-3/h6-7,13,16H,4-5,8-12,14H2,1-3H3. The van der Waals surface area contributed by atoms with Crippen LogP contribution in [0, 0.1) is 5.92 Å². The highest BCUT2D eigenvalue weighted by Crippen LogP contribution is 2.30. The number of nitrogens with zero attached hydrogens (tertiary/aromatic N) is 1. The molecular weight excluding hydrogens is 278 g/mol. The molecule has 0 N–H and O–H groups in total. The molecule has 1 fully saturated rings. The lowest BCUT2D eigenvalue weighted by Crippen LogP contribution is -2.22. The monoisotopic (exact) mass is 307 g/mol. The molecule has 0 saturated carbocycles. The summed E-state index contributed by atoms with van der Waals surface area (Å²) < 4.78 is 15.8. The van der Waals surface area contributed by atoms with Crippen molar-refractivity contribution in [3.05, 3.63) is 23.8 Å². The smallest absolute Gasteiger partial charge is 0.160 e. The highest BCUT2D eigenvalue weighted by molar-refractivity contribution is 5.43. The second-order valence-corrected chi connectivity index (χ2v) is 6.05. The van der Waals surface area contributed by atoms with E-state index in [4.69, 9.17) is 14.2 Å². The minimum absolute atomic E-state index is 0.750. The number of benzene rings is 1. The fourth-order valence-electron chi connectivity index (χ4n) is 3.21. The van der Waals surface area contributed by atoms with E-state index < -0.39 is 0 Å². The number of ether oxygens (including phenoxy) is 3. The Morgan fingerprint density at radius 3 is 2.64 bits per heavy atom. The Kier molecular flexibility index (Phi) is 7.00. The van der Waals surface area contributed by atoms with Crippen LogP contribution in [0.4, 0.5) is 0 Å². The third kappa shape index (κ3) is 4.89. The van der Waals surface area contributed by atoms with E-state index in [-0.39, 0.29) is 0 Å². The Bertz CT molecular complexity index is 450. The van der Waals surface area contributed by atoms with Gasteiger partial charge in [-0.2, -0.15) is 0 Å². The first kappa shape index (κ1) is 17.1. The van der Waals surface area contributed by atoms with Crippen molar-refractivity contribution in [3.8, 4) is 11.5 Å². The van der Waals surface area contributed by atoms with E-state index in [1.165, 1.54) is 38.0 Å². The summed E-state index contributed by atoms with van der Waals surface area (Å²) >= 11 is 0. The molecular formula is C18H29NO3. The van der Waals surface area contributed by atoms with Gasteiger partial charge >= 0.3 is 0 Å². The molecule has 1 heterocycles. The van der Waals surface area contributed by atoms with Crippen LogP contribution >= 0.6 is 0 Å². The molecule has 0 aliphatic carbocycles. The van der Waals surface area contributed by atoms with Crippen molar-refractivity contribution in [1.82, 2.24) is 4.90 Å². The van der Waals surface area contributed by atoms with Crippen LogP contribution in [0.3, 0.4) is 0 Å². The number of hydrogen-bond donors (Lipinski definition) is 0. The lowest BCUT2D eigenvalue weighted by Gasteiger charge is -2.16.